The Hall–Kier alpha value is -4.94. The standard InChI is InChI=1S/C34H46N8O13S2/c1-31(2,3)53-30(48)40-29-38-20(14-56-29)23(26(44)39-24-27(45)42(32(24,4)5)55-57(49,50)51)41-54-33(6,28(46)47)22-10-8-17-11-18(7-9-21(17)52-22)25(36)37-19-12-34(13-19,15-35)16-43/h7,9,11,14,19,22,24,43H,8,10,12-13,15-16,35H2,1-6H3,(H2,36,37)(H,39,44)(H,46,47)(H,38,40,48)(H,49,50,51)/b41-23-/t19-,22-,24-,33+,34-/m1/s1. The van der Waals surface area contributed by atoms with Gasteiger partial charge in [0.05, 0.1) is 12.1 Å². The SMILES string of the molecule is CC(C)(C)OC(=O)Nc1nc(/C(=N/O[C@](C)(C(=O)O)[C@H]2CCc3cc(C(=N)N[C@H]4C[C@](CN)(CO)C4)ccc3O2)C(=O)N[C@@H]2C(=O)N(OS(=O)(=O)O)C2(C)C)cs1. The number of carboxylic acid groups (broad SMARTS) is 1. The number of oxime groups is 1. The topological polar surface area (TPSA) is 314 Å². The van der Waals surface area contributed by atoms with Crippen LogP contribution in [-0.2, 0) is 45.1 Å². The van der Waals surface area contributed by atoms with E-state index in [1.165, 1.54) is 26.2 Å². The van der Waals surface area contributed by atoms with Gasteiger partial charge < -0.3 is 40.9 Å². The number of ether oxygens (including phenoxy) is 2. The number of anilines is 1. The highest BCUT2D eigenvalue weighted by Gasteiger charge is 2.58. The number of aliphatic hydroxyl groups excluding tert-OH is 1. The Balaban J connectivity index is 1.36. The predicted molar refractivity (Wildman–Crippen MR) is 202 cm³/mol. The molecule has 1 aliphatic carbocycles. The van der Waals surface area contributed by atoms with Gasteiger partial charge in [0.25, 0.3) is 17.4 Å². The number of aliphatic carboxylic acids is 1. The number of aromatic nitrogens is 1. The minimum atomic E-state index is -5.09. The Morgan fingerprint density at radius 1 is 1.19 bits per heavy atom. The summed E-state index contributed by atoms with van der Waals surface area (Å²) in [5.74, 6) is -3.15. The molecular weight excluding hydrogens is 793 g/mol. The minimum Gasteiger partial charge on any atom is -0.485 e. The first-order valence-corrected chi connectivity index (χ1v) is 19.9. The molecule has 1 aromatic heterocycles. The molecule has 3 amide bonds. The molecule has 1 aromatic carbocycles. The summed E-state index contributed by atoms with van der Waals surface area (Å²) in [5, 5.41) is 42.2. The van der Waals surface area contributed by atoms with Crippen LogP contribution in [0, 0.1) is 10.8 Å². The number of nitrogens with two attached hydrogens (primary N) is 1. The molecule has 2 aromatic rings. The van der Waals surface area contributed by atoms with E-state index in [0.717, 1.165) is 11.3 Å². The van der Waals surface area contributed by atoms with Crippen molar-refractivity contribution < 1.29 is 61.0 Å². The maximum Gasteiger partial charge on any atom is 0.418 e. The maximum atomic E-state index is 13.8. The van der Waals surface area contributed by atoms with Crippen molar-refractivity contribution in [1.82, 2.24) is 20.7 Å². The third-order valence-electron chi connectivity index (χ3n) is 9.83. The van der Waals surface area contributed by atoms with E-state index in [0.29, 0.717) is 47.7 Å². The number of fused-ring (bicyclic) bond motifs is 1. The quantitative estimate of drug-likeness (QED) is 0.0437. The third kappa shape index (κ3) is 9.45. The van der Waals surface area contributed by atoms with Gasteiger partial charge >= 0.3 is 22.5 Å². The van der Waals surface area contributed by atoms with Crippen LogP contribution in [0.25, 0.3) is 0 Å². The number of hydrogen-bond donors (Lipinski definition) is 8. The van der Waals surface area contributed by atoms with Crippen LogP contribution < -0.4 is 26.4 Å². The molecule has 21 nitrogen and oxygen atoms in total. The zero-order valence-electron chi connectivity index (χ0n) is 31.9. The molecule has 2 fully saturated rings. The Labute approximate surface area is 331 Å². The molecule has 0 radical (unpaired) electrons. The number of aryl methyl sites for hydroxylation is 1. The highest BCUT2D eigenvalue weighted by Crippen LogP contribution is 2.40. The molecular formula is C34H46N8O13S2. The second-order valence-corrected chi connectivity index (χ2v) is 17.6. The third-order valence-corrected chi connectivity index (χ3v) is 10.9. The van der Waals surface area contributed by atoms with Gasteiger partial charge in [0.2, 0.25) is 0 Å². The molecule has 2 aliphatic heterocycles. The monoisotopic (exact) mass is 838 g/mol. The van der Waals surface area contributed by atoms with Gasteiger partial charge in [-0.25, -0.2) is 14.6 Å². The molecule has 0 bridgehead atoms. The van der Waals surface area contributed by atoms with Crippen LogP contribution in [0.4, 0.5) is 9.93 Å². The molecule has 0 spiro atoms. The van der Waals surface area contributed by atoms with E-state index >= 15 is 0 Å². The molecule has 312 valence electrons. The number of aliphatic hydroxyl groups is 1. The van der Waals surface area contributed by atoms with E-state index in [9.17, 15) is 37.8 Å². The summed E-state index contributed by atoms with van der Waals surface area (Å²) < 4.78 is 47.4. The number of nitrogens with zero attached hydrogens (tertiary/aromatic N) is 3. The van der Waals surface area contributed by atoms with Crippen LogP contribution in [0.2, 0.25) is 0 Å². The smallest absolute Gasteiger partial charge is 0.418 e. The zero-order chi connectivity index (χ0) is 42.3. The predicted octanol–water partition coefficient (Wildman–Crippen LogP) is 1.30. The Kier molecular flexibility index (Phi) is 12.0. The van der Waals surface area contributed by atoms with Crippen LogP contribution >= 0.6 is 11.3 Å². The summed E-state index contributed by atoms with van der Waals surface area (Å²) in [7, 11) is -5.09. The van der Waals surface area contributed by atoms with E-state index in [2.05, 4.69) is 30.4 Å². The Morgan fingerprint density at radius 2 is 1.88 bits per heavy atom. The lowest BCUT2D eigenvalue weighted by molar-refractivity contribution is -0.218. The van der Waals surface area contributed by atoms with Crippen LogP contribution in [0.3, 0.4) is 0 Å². The minimum absolute atomic E-state index is 0.0163. The fraction of sp³-hybridized carbons (Fsp3) is 0.559. The number of β-lactam (4-membered cyclic amide) rings is 1. The number of nitrogens with one attached hydrogen (secondary N) is 4. The van der Waals surface area contributed by atoms with Crippen molar-refractivity contribution in [2.75, 3.05) is 18.5 Å². The fourth-order valence-corrected chi connectivity index (χ4v) is 7.63. The summed E-state index contributed by atoms with van der Waals surface area (Å²) in [4.78, 5) is 61.7. The molecule has 57 heavy (non-hydrogen) atoms. The van der Waals surface area contributed by atoms with Gasteiger partial charge in [-0.15, -0.1) is 15.6 Å². The van der Waals surface area contributed by atoms with Crippen molar-refractivity contribution in [2.45, 2.75) is 102 Å². The summed E-state index contributed by atoms with van der Waals surface area (Å²) in [6.07, 6.45) is -0.315. The second-order valence-electron chi connectivity index (χ2n) is 15.8. The number of rotatable bonds is 14. The Bertz CT molecular complexity index is 2070. The summed E-state index contributed by atoms with van der Waals surface area (Å²) in [5.41, 5.74) is 1.32. The molecule has 23 heteroatoms. The largest absolute Gasteiger partial charge is 0.485 e. The number of thiazole rings is 1. The number of carbonyl (C=O) groups excluding carboxylic acids is 3. The first-order chi connectivity index (χ1) is 26.4. The molecule has 0 unspecified atom stereocenters. The lowest BCUT2D eigenvalue weighted by Gasteiger charge is -2.50. The van der Waals surface area contributed by atoms with Gasteiger partial charge in [-0.2, -0.15) is 13.5 Å². The zero-order valence-corrected chi connectivity index (χ0v) is 33.6. The van der Waals surface area contributed by atoms with Crippen molar-refractivity contribution in [2.24, 2.45) is 16.3 Å². The summed E-state index contributed by atoms with van der Waals surface area (Å²) in [6, 6.07) is 3.58. The van der Waals surface area contributed by atoms with Crippen LogP contribution in [0.1, 0.15) is 77.6 Å². The van der Waals surface area contributed by atoms with Crippen LogP contribution in [0.5, 0.6) is 5.75 Å². The Morgan fingerprint density at radius 3 is 2.46 bits per heavy atom. The number of hydroxylamine groups is 2. The number of amidine groups is 1. The van der Waals surface area contributed by atoms with E-state index in [1.807, 2.05) is 0 Å². The van der Waals surface area contributed by atoms with Crippen LogP contribution in [-0.4, -0.2) is 117 Å². The molecule has 3 heterocycles. The average Bonchev–Trinajstić information content (AvgIpc) is 3.56. The highest BCUT2D eigenvalue weighted by atomic mass is 32.3. The van der Waals surface area contributed by atoms with E-state index in [1.54, 1.807) is 39.0 Å². The lowest BCUT2D eigenvalue weighted by Crippen LogP contribution is -2.76. The van der Waals surface area contributed by atoms with E-state index < -0.39 is 68.9 Å². The number of carbonyl (C=O) groups is 4. The first-order valence-electron chi connectivity index (χ1n) is 17.6. The van der Waals surface area contributed by atoms with Crippen molar-refractivity contribution in [3.05, 3.63) is 40.4 Å². The van der Waals surface area contributed by atoms with Crippen molar-refractivity contribution >= 4 is 62.3 Å². The second kappa shape index (κ2) is 15.8. The van der Waals surface area contributed by atoms with Gasteiger partial charge in [0, 0.05) is 28.9 Å². The summed E-state index contributed by atoms with van der Waals surface area (Å²) in [6.45, 7) is 9.14. The van der Waals surface area contributed by atoms with Gasteiger partial charge in [-0.05, 0) is 91.0 Å². The molecule has 3 aliphatic rings. The van der Waals surface area contributed by atoms with Gasteiger partial charge in [0.15, 0.2) is 16.9 Å². The lowest BCUT2D eigenvalue weighted by atomic mass is 9.66. The van der Waals surface area contributed by atoms with Crippen LogP contribution in [0.15, 0.2) is 28.7 Å². The molecule has 1 saturated heterocycles. The van der Waals surface area contributed by atoms with Crippen molar-refractivity contribution in [3.8, 4) is 5.75 Å². The first kappa shape index (κ1) is 43.2. The highest BCUT2D eigenvalue weighted by molar-refractivity contribution is 7.80. The summed E-state index contributed by atoms with van der Waals surface area (Å²) >= 11 is 0.863. The molecule has 9 N–H and O–H groups in total. The maximum absolute atomic E-state index is 13.8. The van der Waals surface area contributed by atoms with Gasteiger partial charge in [-0.1, -0.05) is 5.16 Å². The fourth-order valence-electron chi connectivity index (χ4n) is 6.50. The van der Waals surface area contributed by atoms with E-state index in [4.69, 9.17) is 30.0 Å². The molecule has 1 saturated carbocycles. The van der Waals surface area contributed by atoms with Gasteiger partial charge in [-0.3, -0.25) is 24.9 Å². The normalized spacial score (nSPS) is 24.0. The molecule has 5 rings (SSSR count). The van der Waals surface area contributed by atoms with Gasteiger partial charge in [0.1, 0.15) is 28.9 Å². The van der Waals surface area contributed by atoms with Crippen molar-refractivity contribution in [1.29, 1.82) is 5.41 Å². The van der Waals surface area contributed by atoms with Crippen molar-refractivity contribution in [3.63, 3.8) is 0 Å². The molecule has 3 atom stereocenters. The number of benzene rings is 1. The van der Waals surface area contributed by atoms with E-state index in [-0.39, 0.29) is 41.1 Å². The average molecular weight is 839 g/mol. The number of amides is 3. The number of hydrogen-bond acceptors (Lipinski definition) is 16. The number of carboxylic acids is 1.